The first-order chi connectivity index (χ1) is 35.7. The maximum atomic E-state index is 5.65. The van der Waals surface area contributed by atoms with E-state index in [1.54, 1.807) is 0 Å². The summed E-state index contributed by atoms with van der Waals surface area (Å²) in [6.07, 6.45) is 3.32. The lowest BCUT2D eigenvalue weighted by molar-refractivity contribution is 0.0369. The molecule has 3 fully saturated rings. The molecule has 0 amide bonds. The van der Waals surface area contributed by atoms with Crippen LogP contribution in [-0.2, 0) is 33.8 Å². The highest BCUT2D eigenvalue weighted by Gasteiger charge is 2.19. The fourth-order valence-corrected chi connectivity index (χ4v) is 12.4. The zero-order valence-corrected chi connectivity index (χ0v) is 41.6. The Labute approximate surface area is 422 Å². The van der Waals surface area contributed by atoms with Crippen molar-refractivity contribution in [3.63, 3.8) is 0 Å². The van der Waals surface area contributed by atoms with E-state index < -0.39 is 0 Å². The van der Waals surface area contributed by atoms with Crippen LogP contribution in [0.5, 0.6) is 0 Å². The van der Waals surface area contributed by atoms with Gasteiger partial charge in [0.15, 0.2) is 0 Å². The van der Waals surface area contributed by atoms with Crippen LogP contribution < -0.4 is 0 Å². The van der Waals surface area contributed by atoms with Gasteiger partial charge in [-0.05, 0) is 125 Å². The molecule has 3 aliphatic rings. The van der Waals surface area contributed by atoms with Crippen molar-refractivity contribution in [1.82, 2.24) is 28.4 Å². The van der Waals surface area contributed by atoms with Crippen LogP contribution in [0.1, 0.15) is 19.3 Å². The summed E-state index contributed by atoms with van der Waals surface area (Å²) in [5.74, 6) is 0. The van der Waals surface area contributed by atoms with E-state index in [-0.39, 0.29) is 0 Å². The second-order valence-electron chi connectivity index (χ2n) is 20.4. The molecular weight excluding hydrogens is 889 g/mol. The van der Waals surface area contributed by atoms with Gasteiger partial charge in [-0.15, -0.1) is 0 Å². The molecule has 9 nitrogen and oxygen atoms in total. The first-order valence-electron chi connectivity index (χ1n) is 26.8. The zero-order valence-electron chi connectivity index (χ0n) is 41.6. The van der Waals surface area contributed by atoms with Crippen molar-refractivity contribution in [1.29, 1.82) is 0 Å². The van der Waals surface area contributed by atoms with Crippen molar-refractivity contribution >= 4 is 65.4 Å². The molecule has 0 saturated carbocycles. The Kier molecular flexibility index (Phi) is 12.8. The Bertz CT molecular complexity index is 3170. The third-order valence-corrected chi connectivity index (χ3v) is 16.1. The van der Waals surface area contributed by atoms with Gasteiger partial charge < -0.3 is 27.9 Å². The Balaban J connectivity index is 0.902. The van der Waals surface area contributed by atoms with Gasteiger partial charge in [0.1, 0.15) is 0 Å². The molecule has 0 N–H and O–H groups in total. The number of benzene rings is 7. The minimum absolute atomic E-state index is 0.839. The molecule has 0 bridgehead atoms. The predicted molar refractivity (Wildman–Crippen MR) is 297 cm³/mol. The molecule has 366 valence electrons. The molecule has 3 saturated heterocycles. The Morgan fingerprint density at radius 1 is 0.264 bits per heavy atom. The topological polar surface area (TPSA) is 52.2 Å². The normalized spacial score (nSPS) is 16.7. The summed E-state index contributed by atoms with van der Waals surface area (Å²) >= 11 is 0. The molecule has 3 aliphatic heterocycles. The van der Waals surface area contributed by atoms with Gasteiger partial charge in [0.25, 0.3) is 0 Å². The molecular formula is C63H66N6O3. The summed E-state index contributed by atoms with van der Waals surface area (Å²) in [6.45, 7) is 17.4. The maximum Gasteiger partial charge on any atom is 0.0594 e. The third-order valence-electron chi connectivity index (χ3n) is 16.1. The molecule has 0 unspecified atom stereocenters. The van der Waals surface area contributed by atoms with Crippen molar-refractivity contribution in [2.45, 2.75) is 38.9 Å². The van der Waals surface area contributed by atoms with Crippen molar-refractivity contribution in [2.75, 3.05) is 98.5 Å². The average Bonchev–Trinajstić information content (AvgIpc) is 4.06. The predicted octanol–water partition coefficient (Wildman–Crippen LogP) is 12.2. The van der Waals surface area contributed by atoms with Crippen molar-refractivity contribution in [2.24, 2.45) is 0 Å². The lowest BCUT2D eigenvalue weighted by Crippen LogP contribution is -2.37. The van der Waals surface area contributed by atoms with Crippen LogP contribution in [0.25, 0.3) is 98.8 Å². The monoisotopic (exact) mass is 955 g/mol. The number of hydrogen-bond donors (Lipinski definition) is 0. The van der Waals surface area contributed by atoms with Gasteiger partial charge in [0, 0.05) is 144 Å². The van der Waals surface area contributed by atoms with E-state index >= 15 is 0 Å². The summed E-state index contributed by atoms with van der Waals surface area (Å²) in [5.41, 5.74) is 15.2. The van der Waals surface area contributed by atoms with Crippen molar-refractivity contribution in [3.05, 3.63) is 146 Å². The SMILES string of the molecule is c1ccc2c(c1)c1cc(-c3cc(-c4ccc5c(c4)c4ccccc4n5CCCN4CCOCC4)cc(-c4ccc5c(c4)c4ccccc4n5CCCN4CCOCC4)c3)ccc1n2CCCN1CCOCC1. The smallest absolute Gasteiger partial charge is 0.0594 e. The largest absolute Gasteiger partial charge is 0.379 e. The highest BCUT2D eigenvalue weighted by atomic mass is 16.5. The van der Waals surface area contributed by atoms with Crippen molar-refractivity contribution in [3.8, 4) is 33.4 Å². The lowest BCUT2D eigenvalue weighted by Gasteiger charge is -2.26. The number of rotatable bonds is 15. The van der Waals surface area contributed by atoms with Gasteiger partial charge in [-0.3, -0.25) is 14.7 Å². The highest BCUT2D eigenvalue weighted by molar-refractivity contribution is 6.12. The van der Waals surface area contributed by atoms with Crippen LogP contribution in [0, 0.1) is 0 Å². The second-order valence-corrected chi connectivity index (χ2v) is 20.4. The average molecular weight is 955 g/mol. The van der Waals surface area contributed by atoms with Gasteiger partial charge in [-0.2, -0.15) is 0 Å². The maximum absolute atomic E-state index is 5.65. The minimum Gasteiger partial charge on any atom is -0.379 e. The van der Waals surface area contributed by atoms with E-state index in [1.807, 2.05) is 0 Å². The third kappa shape index (κ3) is 8.90. The van der Waals surface area contributed by atoms with E-state index in [1.165, 1.54) is 98.8 Å². The number of aromatic nitrogens is 3. The number of morpholine rings is 3. The minimum atomic E-state index is 0.839. The second kappa shape index (κ2) is 20.3. The van der Waals surface area contributed by atoms with Crippen LogP contribution in [-0.4, -0.2) is 127 Å². The molecule has 72 heavy (non-hydrogen) atoms. The fourth-order valence-electron chi connectivity index (χ4n) is 12.4. The van der Waals surface area contributed by atoms with E-state index in [2.05, 4.69) is 174 Å². The van der Waals surface area contributed by atoms with Crippen LogP contribution >= 0.6 is 0 Å². The van der Waals surface area contributed by atoms with Crippen LogP contribution in [0.15, 0.2) is 146 Å². The first-order valence-corrected chi connectivity index (χ1v) is 26.8. The molecule has 0 spiro atoms. The molecule has 0 atom stereocenters. The van der Waals surface area contributed by atoms with E-state index in [4.69, 9.17) is 14.2 Å². The molecule has 13 rings (SSSR count). The first kappa shape index (κ1) is 45.6. The van der Waals surface area contributed by atoms with Gasteiger partial charge in [0.05, 0.1) is 39.6 Å². The molecule has 9 heteroatoms. The Morgan fingerprint density at radius 2 is 0.542 bits per heavy atom. The number of ether oxygens (including phenoxy) is 3. The fraction of sp³-hybridized carbons (Fsp3) is 0.333. The quantitative estimate of drug-likeness (QED) is 0.102. The van der Waals surface area contributed by atoms with E-state index in [0.29, 0.717) is 0 Å². The number of fused-ring (bicyclic) bond motifs is 9. The van der Waals surface area contributed by atoms with Gasteiger partial charge in [-0.1, -0.05) is 72.8 Å². The van der Waals surface area contributed by atoms with Crippen LogP contribution in [0.2, 0.25) is 0 Å². The molecule has 10 aromatic rings. The van der Waals surface area contributed by atoms with Gasteiger partial charge in [0.2, 0.25) is 0 Å². The summed E-state index contributed by atoms with van der Waals surface area (Å²) in [7, 11) is 0. The van der Waals surface area contributed by atoms with Crippen molar-refractivity contribution < 1.29 is 14.2 Å². The number of nitrogens with zero attached hydrogens (tertiary/aromatic N) is 6. The van der Waals surface area contributed by atoms with E-state index in [9.17, 15) is 0 Å². The van der Waals surface area contributed by atoms with E-state index in [0.717, 1.165) is 137 Å². The van der Waals surface area contributed by atoms with Crippen LogP contribution in [0.4, 0.5) is 0 Å². The molecule has 6 heterocycles. The number of para-hydroxylation sites is 3. The summed E-state index contributed by atoms with van der Waals surface area (Å²) < 4.78 is 24.6. The summed E-state index contributed by atoms with van der Waals surface area (Å²) in [6, 6.07) is 55.9. The highest BCUT2D eigenvalue weighted by Crippen LogP contribution is 2.40. The van der Waals surface area contributed by atoms with Gasteiger partial charge in [-0.25, -0.2) is 0 Å². The summed E-state index contributed by atoms with van der Waals surface area (Å²) in [5, 5.41) is 7.88. The van der Waals surface area contributed by atoms with Crippen LogP contribution in [0.3, 0.4) is 0 Å². The number of aryl methyl sites for hydroxylation is 3. The molecule has 0 aliphatic carbocycles. The summed E-state index contributed by atoms with van der Waals surface area (Å²) in [4.78, 5) is 7.65. The molecule has 7 aromatic carbocycles. The Morgan fingerprint density at radius 3 is 0.847 bits per heavy atom. The standard InChI is InChI=1S/C63H66N6O3/c1-4-13-58-52(10-1)55-43-46(16-19-61(55)67(58)25-7-22-64-28-34-70-35-29-64)49-40-50(47-17-20-62-56(44-47)53-11-2-5-14-59(53)68(62)26-8-23-65-30-36-71-37-31-65)42-51(41-49)48-18-21-63-57(45-48)54-12-3-6-15-60(54)69(63)27-9-24-66-32-38-72-39-33-66/h1-6,10-21,40-45H,7-9,22-39H2. The number of hydrogen-bond acceptors (Lipinski definition) is 6. The Hall–Kier alpha value is -6.30. The van der Waals surface area contributed by atoms with Gasteiger partial charge >= 0.3 is 0 Å². The molecule has 0 radical (unpaired) electrons. The molecule has 3 aromatic heterocycles. The zero-order chi connectivity index (χ0) is 47.8. The lowest BCUT2D eigenvalue weighted by atomic mass is 9.92.